The lowest BCUT2D eigenvalue weighted by Crippen LogP contribution is -2.08. The molecule has 0 fully saturated rings. The van der Waals surface area contributed by atoms with Gasteiger partial charge in [-0.3, -0.25) is 0 Å². The highest BCUT2D eigenvalue weighted by Gasteiger charge is 2.05. The molecule has 5 rings (SSSR count). The van der Waals surface area contributed by atoms with Gasteiger partial charge in [-0.1, -0.05) is 54.6 Å². The molecule has 136 valence electrons. The number of nitrogens with one attached hydrogen (secondary N) is 2. The van der Waals surface area contributed by atoms with Crippen molar-refractivity contribution in [2.75, 3.05) is 11.9 Å². The Bertz CT molecular complexity index is 1260. The summed E-state index contributed by atoms with van der Waals surface area (Å²) in [7, 11) is 0. The number of hydrogen-bond acceptors (Lipinski definition) is 3. The van der Waals surface area contributed by atoms with Crippen LogP contribution in [0, 0.1) is 0 Å². The standard InChI is InChI=1S/C24H20N4/c1-2-6-18-15-19(10-9-17(18)5-1)22-12-14-26-24(28-22)25-13-11-20-16-27-23-8-4-3-7-21(20)23/h1-10,12,14-16,27H,11,13H2,(H,25,26,28). The predicted molar refractivity (Wildman–Crippen MR) is 115 cm³/mol. The van der Waals surface area contributed by atoms with E-state index in [0.29, 0.717) is 5.95 Å². The molecule has 0 saturated heterocycles. The summed E-state index contributed by atoms with van der Waals surface area (Å²) in [6.07, 6.45) is 4.80. The zero-order valence-corrected chi connectivity index (χ0v) is 15.4. The van der Waals surface area contributed by atoms with Crippen LogP contribution in [-0.2, 0) is 6.42 Å². The zero-order chi connectivity index (χ0) is 18.8. The molecule has 0 saturated carbocycles. The minimum absolute atomic E-state index is 0.658. The SMILES string of the molecule is c1ccc2cc(-c3ccnc(NCCc4c[nH]c5ccccc45)n3)ccc2c1. The van der Waals surface area contributed by atoms with E-state index in [-0.39, 0.29) is 0 Å². The molecule has 0 atom stereocenters. The number of benzene rings is 3. The van der Waals surface area contributed by atoms with Gasteiger partial charge in [-0.15, -0.1) is 0 Å². The van der Waals surface area contributed by atoms with Crippen molar-refractivity contribution in [3.8, 4) is 11.3 Å². The first-order chi connectivity index (χ1) is 13.9. The van der Waals surface area contributed by atoms with E-state index in [4.69, 9.17) is 4.98 Å². The van der Waals surface area contributed by atoms with Gasteiger partial charge in [0.1, 0.15) is 0 Å². The lowest BCUT2D eigenvalue weighted by Gasteiger charge is -2.07. The fourth-order valence-electron chi connectivity index (χ4n) is 3.60. The van der Waals surface area contributed by atoms with Gasteiger partial charge in [-0.25, -0.2) is 9.97 Å². The maximum Gasteiger partial charge on any atom is 0.223 e. The van der Waals surface area contributed by atoms with Gasteiger partial charge in [-0.05, 0) is 41.0 Å². The van der Waals surface area contributed by atoms with Crippen LogP contribution >= 0.6 is 0 Å². The van der Waals surface area contributed by atoms with E-state index < -0.39 is 0 Å². The molecule has 0 aliphatic rings. The number of aromatic amines is 1. The fraction of sp³-hybridized carbons (Fsp3) is 0.0833. The predicted octanol–water partition coefficient (Wildman–Crippen LogP) is 5.43. The van der Waals surface area contributed by atoms with E-state index in [9.17, 15) is 0 Å². The van der Waals surface area contributed by atoms with Crippen molar-refractivity contribution in [3.63, 3.8) is 0 Å². The van der Waals surface area contributed by atoms with Crippen molar-refractivity contribution in [2.45, 2.75) is 6.42 Å². The summed E-state index contributed by atoms with van der Waals surface area (Å²) >= 11 is 0. The third kappa shape index (κ3) is 3.21. The number of aromatic nitrogens is 3. The average Bonchev–Trinajstić information content (AvgIpc) is 3.17. The molecule has 0 bridgehead atoms. The molecule has 0 aliphatic carbocycles. The van der Waals surface area contributed by atoms with E-state index in [1.165, 1.54) is 27.2 Å². The largest absolute Gasteiger partial charge is 0.361 e. The van der Waals surface area contributed by atoms with E-state index in [0.717, 1.165) is 24.2 Å². The first-order valence-electron chi connectivity index (χ1n) is 9.48. The Labute approximate surface area is 163 Å². The third-order valence-corrected chi connectivity index (χ3v) is 5.05. The molecule has 2 aromatic heterocycles. The van der Waals surface area contributed by atoms with Crippen LogP contribution in [0.1, 0.15) is 5.56 Å². The molecule has 0 amide bonds. The summed E-state index contributed by atoms with van der Waals surface area (Å²) in [5, 5.41) is 7.08. The lowest BCUT2D eigenvalue weighted by atomic mass is 10.1. The normalized spacial score (nSPS) is 11.1. The Morgan fingerprint density at radius 3 is 2.68 bits per heavy atom. The number of H-pyrrole nitrogens is 1. The van der Waals surface area contributed by atoms with Gasteiger partial charge in [0.2, 0.25) is 5.95 Å². The Balaban J connectivity index is 1.32. The first kappa shape index (κ1) is 16.5. The van der Waals surface area contributed by atoms with Crippen LogP contribution in [0.2, 0.25) is 0 Å². The molecular weight excluding hydrogens is 344 g/mol. The molecule has 2 N–H and O–H groups in total. The van der Waals surface area contributed by atoms with Gasteiger partial charge >= 0.3 is 0 Å². The monoisotopic (exact) mass is 364 g/mol. The van der Waals surface area contributed by atoms with Crippen molar-refractivity contribution < 1.29 is 0 Å². The molecule has 0 radical (unpaired) electrons. The quantitative estimate of drug-likeness (QED) is 0.437. The fourth-order valence-corrected chi connectivity index (χ4v) is 3.60. The molecule has 4 heteroatoms. The third-order valence-electron chi connectivity index (χ3n) is 5.05. The molecule has 0 aliphatic heterocycles. The van der Waals surface area contributed by atoms with Crippen LogP contribution in [0.5, 0.6) is 0 Å². The lowest BCUT2D eigenvalue weighted by molar-refractivity contribution is 0.991. The van der Waals surface area contributed by atoms with E-state index in [1.807, 2.05) is 18.3 Å². The maximum atomic E-state index is 4.70. The summed E-state index contributed by atoms with van der Waals surface area (Å²) in [4.78, 5) is 12.4. The second kappa shape index (κ2) is 7.16. The number of rotatable bonds is 5. The van der Waals surface area contributed by atoms with Crippen molar-refractivity contribution in [2.24, 2.45) is 0 Å². The van der Waals surface area contributed by atoms with Gasteiger partial charge in [0.05, 0.1) is 5.69 Å². The Morgan fingerprint density at radius 1 is 0.857 bits per heavy atom. The number of fused-ring (bicyclic) bond motifs is 2. The maximum absolute atomic E-state index is 4.70. The summed E-state index contributed by atoms with van der Waals surface area (Å²) in [6.45, 7) is 0.781. The molecule has 5 aromatic rings. The summed E-state index contributed by atoms with van der Waals surface area (Å²) < 4.78 is 0. The summed E-state index contributed by atoms with van der Waals surface area (Å²) in [6, 6.07) is 25.1. The minimum atomic E-state index is 0.658. The molecule has 4 nitrogen and oxygen atoms in total. The van der Waals surface area contributed by atoms with Crippen LogP contribution in [0.25, 0.3) is 32.9 Å². The molecule has 2 heterocycles. The van der Waals surface area contributed by atoms with Crippen molar-refractivity contribution >= 4 is 27.6 Å². The minimum Gasteiger partial charge on any atom is -0.361 e. The first-order valence-corrected chi connectivity index (χ1v) is 9.48. The van der Waals surface area contributed by atoms with Crippen LogP contribution in [0.3, 0.4) is 0 Å². The number of para-hydroxylation sites is 1. The van der Waals surface area contributed by atoms with Crippen LogP contribution < -0.4 is 5.32 Å². The highest BCUT2D eigenvalue weighted by Crippen LogP contribution is 2.23. The van der Waals surface area contributed by atoms with Gasteiger partial charge in [0, 0.05) is 35.4 Å². The molecule has 0 spiro atoms. The average molecular weight is 364 g/mol. The highest BCUT2D eigenvalue weighted by atomic mass is 15.1. The van der Waals surface area contributed by atoms with Gasteiger partial charge in [0.25, 0.3) is 0 Å². The molecule has 3 aromatic carbocycles. The number of nitrogens with zero attached hydrogens (tertiary/aromatic N) is 2. The van der Waals surface area contributed by atoms with Crippen LogP contribution in [-0.4, -0.2) is 21.5 Å². The second-order valence-corrected chi connectivity index (χ2v) is 6.86. The van der Waals surface area contributed by atoms with Crippen molar-refractivity contribution in [1.29, 1.82) is 0 Å². The Kier molecular flexibility index (Phi) is 4.22. The number of anilines is 1. The smallest absolute Gasteiger partial charge is 0.223 e. The van der Waals surface area contributed by atoms with Gasteiger partial charge in [-0.2, -0.15) is 0 Å². The van der Waals surface area contributed by atoms with Crippen molar-refractivity contribution in [3.05, 3.63) is 90.8 Å². The summed E-state index contributed by atoms with van der Waals surface area (Å²) in [5.41, 5.74) is 4.50. The van der Waals surface area contributed by atoms with Crippen LogP contribution in [0.15, 0.2) is 85.2 Å². The zero-order valence-electron chi connectivity index (χ0n) is 15.4. The number of hydrogen-bond donors (Lipinski definition) is 2. The van der Waals surface area contributed by atoms with Gasteiger partial charge in [0.15, 0.2) is 0 Å². The summed E-state index contributed by atoms with van der Waals surface area (Å²) in [5.74, 6) is 0.658. The van der Waals surface area contributed by atoms with Crippen LogP contribution in [0.4, 0.5) is 5.95 Å². The molecule has 0 unspecified atom stereocenters. The Hall–Kier alpha value is -3.66. The molecule has 28 heavy (non-hydrogen) atoms. The second-order valence-electron chi connectivity index (χ2n) is 6.86. The molecular formula is C24H20N4. The van der Waals surface area contributed by atoms with Gasteiger partial charge < -0.3 is 10.3 Å². The topological polar surface area (TPSA) is 53.6 Å². The Morgan fingerprint density at radius 2 is 1.71 bits per heavy atom. The van der Waals surface area contributed by atoms with Crippen molar-refractivity contribution in [1.82, 2.24) is 15.0 Å². The van der Waals surface area contributed by atoms with E-state index in [2.05, 4.69) is 82.1 Å². The van der Waals surface area contributed by atoms with E-state index >= 15 is 0 Å². The highest BCUT2D eigenvalue weighted by molar-refractivity contribution is 5.87. The van der Waals surface area contributed by atoms with E-state index in [1.54, 1.807) is 0 Å².